The summed E-state index contributed by atoms with van der Waals surface area (Å²) in [4.78, 5) is 28.8. The van der Waals surface area contributed by atoms with Crippen LogP contribution in [0.3, 0.4) is 0 Å². The average Bonchev–Trinajstić information content (AvgIpc) is 2.91. The lowest BCUT2D eigenvalue weighted by molar-refractivity contribution is 0.0750. The van der Waals surface area contributed by atoms with Gasteiger partial charge in [-0.15, -0.1) is 0 Å². The van der Waals surface area contributed by atoms with Gasteiger partial charge in [-0.2, -0.15) is 0 Å². The number of pyridine rings is 1. The highest BCUT2D eigenvalue weighted by atomic mass is 16.3. The fraction of sp³-hybridized carbons (Fsp3) is 0.571. The van der Waals surface area contributed by atoms with Crippen LogP contribution in [0.15, 0.2) is 17.1 Å². The van der Waals surface area contributed by atoms with Crippen molar-refractivity contribution in [2.75, 3.05) is 13.1 Å². The van der Waals surface area contributed by atoms with E-state index in [1.807, 2.05) is 0 Å². The zero-order chi connectivity index (χ0) is 13.6. The number of hydrogen-bond donors (Lipinski definition) is 2. The number of nitrogens with zero attached hydrogens (tertiary/aromatic N) is 1. The standard InChI is InChI=1S/C14H18N2O3/c1-8-4-13(18)10(5-15-8)14(19)16-6-9-2-3-12(17)11(9)7-16/h4-5,9,11-12,17H,2-3,6-7H2,1H3,(H,15,18). The van der Waals surface area contributed by atoms with Gasteiger partial charge in [0.15, 0.2) is 5.43 Å². The van der Waals surface area contributed by atoms with E-state index < -0.39 is 0 Å². The molecule has 1 saturated heterocycles. The van der Waals surface area contributed by atoms with Crippen LogP contribution in [0.1, 0.15) is 28.9 Å². The van der Waals surface area contributed by atoms with Crippen molar-refractivity contribution in [1.82, 2.24) is 9.88 Å². The summed E-state index contributed by atoms with van der Waals surface area (Å²) in [5.74, 6) is 0.361. The van der Waals surface area contributed by atoms with Gasteiger partial charge in [-0.3, -0.25) is 9.59 Å². The number of rotatable bonds is 1. The second-order valence-corrected chi connectivity index (χ2v) is 5.67. The van der Waals surface area contributed by atoms with Gasteiger partial charge in [0.2, 0.25) is 0 Å². The molecule has 2 heterocycles. The Morgan fingerprint density at radius 3 is 2.89 bits per heavy atom. The molecule has 0 radical (unpaired) electrons. The summed E-state index contributed by atoms with van der Waals surface area (Å²) in [7, 11) is 0. The predicted octanol–water partition coefficient (Wildman–Crippen LogP) is 0.526. The van der Waals surface area contributed by atoms with Gasteiger partial charge in [0, 0.05) is 37.0 Å². The number of aromatic nitrogens is 1. The Hall–Kier alpha value is -1.62. The fourth-order valence-corrected chi connectivity index (χ4v) is 3.31. The molecule has 3 atom stereocenters. The number of aryl methyl sites for hydroxylation is 1. The van der Waals surface area contributed by atoms with Crippen LogP contribution in [0.25, 0.3) is 0 Å². The number of aliphatic hydroxyl groups excluding tert-OH is 1. The SMILES string of the molecule is Cc1cc(=O)c(C(=O)N2CC3CCC(O)C3C2)c[nH]1. The molecule has 19 heavy (non-hydrogen) atoms. The minimum absolute atomic E-state index is 0.188. The van der Waals surface area contributed by atoms with Gasteiger partial charge in [-0.25, -0.2) is 0 Å². The van der Waals surface area contributed by atoms with Crippen molar-refractivity contribution in [1.29, 1.82) is 0 Å². The molecule has 1 aromatic rings. The van der Waals surface area contributed by atoms with Crippen LogP contribution in [0.5, 0.6) is 0 Å². The topological polar surface area (TPSA) is 73.4 Å². The van der Waals surface area contributed by atoms with Crippen LogP contribution < -0.4 is 5.43 Å². The summed E-state index contributed by atoms with van der Waals surface area (Å²) in [6.07, 6.45) is 3.01. The first kappa shape index (κ1) is 12.4. The molecule has 102 valence electrons. The van der Waals surface area contributed by atoms with Crippen LogP contribution in [-0.4, -0.2) is 40.1 Å². The van der Waals surface area contributed by atoms with E-state index in [2.05, 4.69) is 4.98 Å². The number of aliphatic hydroxyl groups is 1. The first-order valence-electron chi connectivity index (χ1n) is 6.73. The van der Waals surface area contributed by atoms with Gasteiger partial charge in [-0.1, -0.05) is 0 Å². The van der Waals surface area contributed by atoms with E-state index in [1.54, 1.807) is 11.8 Å². The van der Waals surface area contributed by atoms with Crippen molar-refractivity contribution in [3.63, 3.8) is 0 Å². The predicted molar refractivity (Wildman–Crippen MR) is 69.9 cm³/mol. The summed E-state index contributed by atoms with van der Waals surface area (Å²) in [6.45, 7) is 3.01. The highest BCUT2D eigenvalue weighted by Crippen LogP contribution is 2.38. The Morgan fingerprint density at radius 2 is 2.21 bits per heavy atom. The second kappa shape index (κ2) is 4.49. The Labute approximate surface area is 111 Å². The number of aromatic amines is 1. The van der Waals surface area contributed by atoms with E-state index in [4.69, 9.17) is 0 Å². The van der Waals surface area contributed by atoms with Crippen molar-refractivity contribution >= 4 is 5.91 Å². The molecule has 0 spiro atoms. The lowest BCUT2D eigenvalue weighted by atomic mass is 10.00. The van der Waals surface area contributed by atoms with Crippen LogP contribution in [0.4, 0.5) is 0 Å². The van der Waals surface area contributed by atoms with Crippen LogP contribution in [-0.2, 0) is 0 Å². The first-order chi connectivity index (χ1) is 9.06. The largest absolute Gasteiger partial charge is 0.393 e. The van der Waals surface area contributed by atoms with E-state index in [9.17, 15) is 14.7 Å². The quantitative estimate of drug-likeness (QED) is 0.775. The number of nitrogens with one attached hydrogen (secondary N) is 1. The summed E-state index contributed by atoms with van der Waals surface area (Å²) in [5, 5.41) is 9.85. The number of likely N-dealkylation sites (tertiary alicyclic amines) is 1. The Kier molecular flexibility index (Phi) is 2.93. The summed E-state index contributed by atoms with van der Waals surface area (Å²) < 4.78 is 0. The van der Waals surface area contributed by atoms with Crippen LogP contribution in [0, 0.1) is 18.8 Å². The number of carbonyl (C=O) groups is 1. The molecule has 2 aliphatic rings. The molecule has 2 N–H and O–H groups in total. The molecule has 5 nitrogen and oxygen atoms in total. The number of H-pyrrole nitrogens is 1. The first-order valence-corrected chi connectivity index (χ1v) is 6.73. The highest BCUT2D eigenvalue weighted by molar-refractivity contribution is 5.94. The minimum Gasteiger partial charge on any atom is -0.393 e. The molecule has 1 amide bonds. The van der Waals surface area contributed by atoms with Crippen molar-refractivity contribution < 1.29 is 9.90 Å². The zero-order valence-electron chi connectivity index (χ0n) is 10.9. The van der Waals surface area contributed by atoms with Crippen molar-refractivity contribution in [3.8, 4) is 0 Å². The van der Waals surface area contributed by atoms with Gasteiger partial charge in [-0.05, 0) is 25.7 Å². The number of hydrogen-bond acceptors (Lipinski definition) is 3. The average molecular weight is 262 g/mol. The van der Waals surface area contributed by atoms with E-state index in [0.29, 0.717) is 19.0 Å². The van der Waals surface area contributed by atoms with Crippen molar-refractivity contribution in [3.05, 3.63) is 33.7 Å². The normalized spacial score (nSPS) is 29.6. The lowest BCUT2D eigenvalue weighted by Gasteiger charge is -2.18. The molecule has 2 fully saturated rings. The van der Waals surface area contributed by atoms with Gasteiger partial charge >= 0.3 is 0 Å². The number of carbonyl (C=O) groups excluding carboxylic acids is 1. The molecule has 3 unspecified atom stereocenters. The maximum absolute atomic E-state index is 12.3. The minimum atomic E-state index is -0.292. The van der Waals surface area contributed by atoms with Crippen molar-refractivity contribution in [2.24, 2.45) is 11.8 Å². The van der Waals surface area contributed by atoms with E-state index >= 15 is 0 Å². The van der Waals surface area contributed by atoms with Gasteiger partial charge in [0.1, 0.15) is 5.56 Å². The summed E-state index contributed by atoms with van der Waals surface area (Å²) in [5.41, 5.74) is 0.703. The second-order valence-electron chi connectivity index (χ2n) is 5.67. The van der Waals surface area contributed by atoms with E-state index in [-0.39, 0.29) is 28.9 Å². The molecule has 3 rings (SSSR count). The summed E-state index contributed by atoms with van der Waals surface area (Å²) in [6, 6.07) is 1.44. The molecule has 0 aromatic carbocycles. The molecule has 5 heteroatoms. The van der Waals surface area contributed by atoms with Crippen LogP contribution in [0.2, 0.25) is 0 Å². The zero-order valence-corrected chi connectivity index (χ0v) is 10.9. The number of fused-ring (bicyclic) bond motifs is 1. The molecular formula is C14H18N2O3. The third-order valence-corrected chi connectivity index (χ3v) is 4.39. The Bertz CT molecular complexity index is 566. The smallest absolute Gasteiger partial charge is 0.259 e. The molecular weight excluding hydrogens is 244 g/mol. The summed E-state index contributed by atoms with van der Waals surface area (Å²) >= 11 is 0. The molecule has 1 saturated carbocycles. The van der Waals surface area contributed by atoms with Gasteiger partial charge in [0.05, 0.1) is 6.10 Å². The number of amides is 1. The molecule has 1 aromatic heterocycles. The van der Waals surface area contributed by atoms with E-state index in [1.165, 1.54) is 12.3 Å². The maximum Gasteiger partial charge on any atom is 0.259 e. The van der Waals surface area contributed by atoms with Crippen LogP contribution >= 0.6 is 0 Å². The van der Waals surface area contributed by atoms with E-state index in [0.717, 1.165) is 18.5 Å². The Morgan fingerprint density at radius 1 is 1.42 bits per heavy atom. The van der Waals surface area contributed by atoms with Gasteiger partial charge in [0.25, 0.3) is 5.91 Å². The molecule has 1 aliphatic heterocycles. The third kappa shape index (κ3) is 2.08. The third-order valence-electron chi connectivity index (χ3n) is 4.39. The lowest BCUT2D eigenvalue weighted by Crippen LogP contribution is -2.34. The van der Waals surface area contributed by atoms with Gasteiger partial charge < -0.3 is 15.0 Å². The molecule has 0 bridgehead atoms. The monoisotopic (exact) mass is 262 g/mol. The Balaban J connectivity index is 1.80. The fourth-order valence-electron chi connectivity index (χ4n) is 3.31. The highest BCUT2D eigenvalue weighted by Gasteiger charge is 2.43. The maximum atomic E-state index is 12.3. The van der Waals surface area contributed by atoms with Crippen molar-refractivity contribution in [2.45, 2.75) is 25.9 Å². The molecule has 1 aliphatic carbocycles.